The van der Waals surface area contributed by atoms with Crippen LogP contribution in [0.15, 0.2) is 65.8 Å². The first kappa shape index (κ1) is 30.3. The highest BCUT2D eigenvalue weighted by Crippen LogP contribution is 2.39. The van der Waals surface area contributed by atoms with Crippen LogP contribution in [0.1, 0.15) is 37.0 Å². The lowest BCUT2D eigenvalue weighted by molar-refractivity contribution is -0.0494. The van der Waals surface area contributed by atoms with Crippen molar-refractivity contribution in [3.63, 3.8) is 0 Å². The van der Waals surface area contributed by atoms with Crippen LogP contribution in [0.2, 0.25) is 0 Å². The zero-order valence-electron chi connectivity index (χ0n) is 23.8. The number of rotatable bonds is 11. The maximum Gasteiger partial charge on any atom is 0.387 e. The molecule has 3 aromatic heterocycles. The normalized spacial score (nSPS) is 14.5. The van der Waals surface area contributed by atoms with Crippen LogP contribution in [0.5, 0.6) is 5.75 Å². The summed E-state index contributed by atoms with van der Waals surface area (Å²) in [6.07, 6.45) is 9.68. The van der Waals surface area contributed by atoms with Gasteiger partial charge in [-0.15, -0.1) is 11.8 Å². The van der Waals surface area contributed by atoms with Crippen molar-refractivity contribution in [2.75, 3.05) is 18.4 Å². The lowest BCUT2D eigenvalue weighted by atomic mass is 10.1. The Bertz CT molecular complexity index is 1600. The number of halogens is 2. The fraction of sp³-hybridized carbons (Fsp3) is 0.357. The van der Waals surface area contributed by atoms with Gasteiger partial charge < -0.3 is 26.1 Å². The van der Waals surface area contributed by atoms with Crippen LogP contribution in [0.3, 0.4) is 0 Å². The molecule has 0 unspecified atom stereocenters. The maximum atomic E-state index is 13.4. The third kappa shape index (κ3) is 7.42. The van der Waals surface area contributed by atoms with Gasteiger partial charge in [0.2, 0.25) is 0 Å². The molecule has 228 valence electrons. The molecule has 1 saturated heterocycles. The van der Waals surface area contributed by atoms with E-state index in [1.165, 1.54) is 21.5 Å². The van der Waals surface area contributed by atoms with E-state index in [1.807, 2.05) is 13.8 Å². The molecule has 1 fully saturated rings. The van der Waals surface area contributed by atoms with Crippen molar-refractivity contribution in [1.82, 2.24) is 34.7 Å². The fourth-order valence-electron chi connectivity index (χ4n) is 4.84. The second kappa shape index (κ2) is 13.4. The SMILES string of the molecule is CC(C)Sc1ccc(OC(F)F)c(-c2nn(C/C(N)=C/N(N)C3CCNCC3)cc2NC(=O)c2cnn3cccnc23)c1. The number of nitrogens with one attached hydrogen (secondary N) is 2. The van der Waals surface area contributed by atoms with Crippen LogP contribution in [-0.2, 0) is 6.54 Å². The third-order valence-electron chi connectivity index (χ3n) is 6.72. The summed E-state index contributed by atoms with van der Waals surface area (Å²) in [4.78, 5) is 18.5. The Morgan fingerprint density at radius 3 is 2.86 bits per heavy atom. The molecular formula is C28H34F2N10O2S. The smallest absolute Gasteiger partial charge is 0.387 e. The fourth-order valence-corrected chi connectivity index (χ4v) is 5.71. The van der Waals surface area contributed by atoms with Crippen LogP contribution in [0.4, 0.5) is 14.5 Å². The summed E-state index contributed by atoms with van der Waals surface area (Å²) in [6.45, 7) is 2.87. The first-order valence-electron chi connectivity index (χ1n) is 13.8. The van der Waals surface area contributed by atoms with Crippen LogP contribution in [-0.4, -0.2) is 66.3 Å². The van der Waals surface area contributed by atoms with Gasteiger partial charge in [0.25, 0.3) is 5.91 Å². The van der Waals surface area contributed by atoms with Gasteiger partial charge in [0.15, 0.2) is 5.65 Å². The molecule has 0 radical (unpaired) electrons. The highest BCUT2D eigenvalue weighted by Gasteiger charge is 2.23. The van der Waals surface area contributed by atoms with Crippen molar-refractivity contribution in [2.45, 2.75) is 56.0 Å². The van der Waals surface area contributed by atoms with Crippen molar-refractivity contribution in [1.29, 1.82) is 0 Å². The van der Waals surface area contributed by atoms with E-state index in [1.54, 1.807) is 59.8 Å². The van der Waals surface area contributed by atoms with Gasteiger partial charge in [-0.05, 0) is 50.2 Å². The number of alkyl halides is 2. The summed E-state index contributed by atoms with van der Waals surface area (Å²) in [6, 6.07) is 6.76. The number of hydrazine groups is 1. The number of thioether (sulfide) groups is 1. The Balaban J connectivity index is 1.52. The number of carbonyl (C=O) groups excluding carboxylic acids is 1. The van der Waals surface area contributed by atoms with Crippen LogP contribution in [0, 0.1) is 0 Å². The standard InChI is InChI=1S/C28H34F2N10O2S/c1-17(2)43-20-4-5-24(42-28(29)30)21(12-20)25-23(36-27(41)22-13-35-40-11-3-8-34-26(22)40)16-38(37-25)14-18(31)15-39(32)19-6-9-33-10-7-19/h3-5,8,11-13,15-17,19,28,33H,6-7,9-10,14,31-32H2,1-2H3,(H,36,41)/b18-15-. The van der Waals surface area contributed by atoms with Crippen molar-refractivity contribution >= 4 is 29.0 Å². The molecule has 0 atom stereocenters. The number of nitrogens with two attached hydrogens (primary N) is 2. The van der Waals surface area contributed by atoms with Crippen LogP contribution >= 0.6 is 11.8 Å². The Morgan fingerprint density at radius 1 is 1.33 bits per heavy atom. The van der Waals surface area contributed by atoms with E-state index >= 15 is 0 Å². The van der Waals surface area contributed by atoms with Gasteiger partial charge in [-0.25, -0.2) is 15.3 Å². The number of hydrogen-bond donors (Lipinski definition) is 4. The number of piperidine rings is 1. The molecule has 6 N–H and O–H groups in total. The van der Waals surface area contributed by atoms with E-state index in [9.17, 15) is 13.6 Å². The molecule has 5 rings (SSSR count). The lowest BCUT2D eigenvalue weighted by Crippen LogP contribution is -2.44. The number of nitrogens with zero attached hydrogens (tertiary/aromatic N) is 6. The second-order valence-corrected chi connectivity index (χ2v) is 12.0. The van der Waals surface area contributed by atoms with Gasteiger partial charge in [0, 0.05) is 52.2 Å². The molecular weight excluding hydrogens is 578 g/mol. The number of ether oxygens (including phenoxy) is 1. The predicted molar refractivity (Wildman–Crippen MR) is 160 cm³/mol. The minimum Gasteiger partial charge on any atom is -0.434 e. The van der Waals surface area contributed by atoms with Crippen molar-refractivity contribution in [2.24, 2.45) is 11.6 Å². The van der Waals surface area contributed by atoms with E-state index in [2.05, 4.69) is 25.8 Å². The summed E-state index contributed by atoms with van der Waals surface area (Å²) >= 11 is 1.55. The molecule has 1 aliphatic heterocycles. The van der Waals surface area contributed by atoms with Gasteiger partial charge in [-0.1, -0.05) is 13.8 Å². The van der Waals surface area contributed by atoms with Gasteiger partial charge in [0.1, 0.15) is 17.0 Å². The molecule has 0 saturated carbocycles. The molecule has 43 heavy (non-hydrogen) atoms. The van der Waals surface area contributed by atoms with Crippen molar-refractivity contribution < 1.29 is 18.3 Å². The Morgan fingerprint density at radius 2 is 2.12 bits per heavy atom. The summed E-state index contributed by atoms with van der Waals surface area (Å²) in [5.74, 6) is 5.70. The van der Waals surface area contributed by atoms with Crippen molar-refractivity contribution in [3.8, 4) is 17.0 Å². The Hall–Kier alpha value is -4.21. The van der Waals surface area contributed by atoms with E-state index in [-0.39, 0.29) is 46.1 Å². The monoisotopic (exact) mass is 612 g/mol. The van der Waals surface area contributed by atoms with Crippen molar-refractivity contribution in [3.05, 3.63) is 66.5 Å². The molecule has 1 aromatic carbocycles. The number of anilines is 1. The number of aromatic nitrogens is 5. The number of hydrogen-bond acceptors (Lipinski definition) is 10. The van der Waals surface area contributed by atoms with Gasteiger partial charge in [-0.3, -0.25) is 9.48 Å². The minimum absolute atomic E-state index is 0.0796. The zero-order chi connectivity index (χ0) is 30.5. The second-order valence-electron chi connectivity index (χ2n) is 10.3. The average molecular weight is 613 g/mol. The van der Waals surface area contributed by atoms with Crippen LogP contribution in [0.25, 0.3) is 16.9 Å². The molecule has 15 heteroatoms. The quantitative estimate of drug-likeness (QED) is 0.112. The number of benzene rings is 1. The predicted octanol–water partition coefficient (Wildman–Crippen LogP) is 3.67. The largest absolute Gasteiger partial charge is 0.434 e. The zero-order valence-corrected chi connectivity index (χ0v) is 24.6. The Labute approximate surface area is 251 Å². The first-order chi connectivity index (χ1) is 20.7. The highest BCUT2D eigenvalue weighted by atomic mass is 32.2. The van der Waals surface area contributed by atoms with Gasteiger partial charge in [0.05, 0.1) is 18.4 Å². The minimum atomic E-state index is -3.06. The van der Waals surface area contributed by atoms with Gasteiger partial charge >= 0.3 is 6.61 Å². The van der Waals surface area contributed by atoms with Crippen LogP contribution < -0.4 is 26.9 Å². The number of allylic oxidation sites excluding steroid dienone is 1. The summed E-state index contributed by atoms with van der Waals surface area (Å²) in [5, 5.41) is 16.9. The van der Waals surface area contributed by atoms with E-state index in [0.29, 0.717) is 11.3 Å². The molecule has 1 amide bonds. The summed E-state index contributed by atoms with van der Waals surface area (Å²) < 4.78 is 34.8. The summed E-state index contributed by atoms with van der Waals surface area (Å²) in [5.41, 5.74) is 8.15. The number of amides is 1. The summed E-state index contributed by atoms with van der Waals surface area (Å²) in [7, 11) is 0. The highest BCUT2D eigenvalue weighted by molar-refractivity contribution is 7.99. The average Bonchev–Trinajstić information content (AvgIpc) is 3.57. The maximum absolute atomic E-state index is 13.4. The molecule has 12 nitrogen and oxygen atoms in total. The molecule has 0 bridgehead atoms. The number of fused-ring (bicyclic) bond motifs is 1. The first-order valence-corrected chi connectivity index (χ1v) is 14.7. The lowest BCUT2D eigenvalue weighted by Gasteiger charge is -2.30. The number of carbonyl (C=O) groups is 1. The van der Waals surface area contributed by atoms with E-state index in [4.69, 9.17) is 16.3 Å². The molecule has 0 spiro atoms. The molecule has 4 heterocycles. The van der Waals surface area contributed by atoms with E-state index in [0.717, 1.165) is 30.8 Å². The Kier molecular flexibility index (Phi) is 9.43. The topological polar surface area (TPSA) is 154 Å². The van der Waals surface area contributed by atoms with E-state index < -0.39 is 12.5 Å². The third-order valence-corrected chi connectivity index (χ3v) is 7.72. The van der Waals surface area contributed by atoms with Gasteiger partial charge in [-0.2, -0.15) is 19.0 Å². The molecule has 0 aliphatic carbocycles. The molecule has 1 aliphatic rings. The molecule has 4 aromatic rings.